The number of fused-ring (bicyclic) bond motifs is 1. The molecule has 0 saturated heterocycles. The number of anilines is 1. The Balaban J connectivity index is 1.63. The molecule has 8 heteroatoms. The van der Waals surface area contributed by atoms with Crippen LogP contribution in [-0.2, 0) is 24.9 Å². The smallest absolute Gasteiger partial charge is 0.163 e. The van der Waals surface area contributed by atoms with Gasteiger partial charge in [-0.05, 0) is 6.07 Å². The zero-order valence-electron chi connectivity index (χ0n) is 15.5. The van der Waals surface area contributed by atoms with E-state index in [1.165, 1.54) is 0 Å². The number of hydrogen-bond acceptors (Lipinski definition) is 6. The number of benzene rings is 1. The second-order valence-electron chi connectivity index (χ2n) is 6.40. The summed E-state index contributed by atoms with van der Waals surface area (Å²) in [6, 6.07) is 12.2. The molecule has 4 rings (SSSR count). The van der Waals surface area contributed by atoms with Crippen molar-refractivity contribution < 1.29 is 4.74 Å². The van der Waals surface area contributed by atoms with Crippen LogP contribution >= 0.6 is 0 Å². The van der Waals surface area contributed by atoms with Crippen molar-refractivity contribution in [1.82, 2.24) is 29.9 Å². The summed E-state index contributed by atoms with van der Waals surface area (Å²) < 4.78 is 6.96. The average Bonchev–Trinajstić information content (AvgIpc) is 3.29. The monoisotopic (exact) mass is 363 g/mol. The van der Waals surface area contributed by atoms with Gasteiger partial charge < -0.3 is 9.64 Å². The minimum absolute atomic E-state index is 0.351. The van der Waals surface area contributed by atoms with Crippen molar-refractivity contribution in [2.75, 3.05) is 19.1 Å². The summed E-state index contributed by atoms with van der Waals surface area (Å²) >= 11 is 0. The van der Waals surface area contributed by atoms with Gasteiger partial charge in [0.1, 0.15) is 12.4 Å². The summed E-state index contributed by atoms with van der Waals surface area (Å²) in [6.07, 6.45) is 1.79. The Labute approximate surface area is 156 Å². The fourth-order valence-corrected chi connectivity index (χ4v) is 3.07. The van der Waals surface area contributed by atoms with Gasteiger partial charge in [0, 0.05) is 26.8 Å². The fourth-order valence-electron chi connectivity index (χ4n) is 3.07. The lowest BCUT2D eigenvalue weighted by Gasteiger charge is -2.18. The van der Waals surface area contributed by atoms with Gasteiger partial charge in [0.25, 0.3) is 0 Å². The molecule has 1 N–H and O–H groups in total. The number of H-pyrrole nitrogens is 1. The van der Waals surface area contributed by atoms with E-state index in [1.807, 2.05) is 44.4 Å². The summed E-state index contributed by atoms with van der Waals surface area (Å²) in [6.45, 7) is 0.984. The van der Waals surface area contributed by atoms with Crippen LogP contribution in [0.5, 0.6) is 0 Å². The van der Waals surface area contributed by atoms with Gasteiger partial charge in [-0.1, -0.05) is 30.3 Å². The van der Waals surface area contributed by atoms with Crippen molar-refractivity contribution in [1.29, 1.82) is 0 Å². The predicted molar refractivity (Wildman–Crippen MR) is 103 cm³/mol. The number of aryl methyl sites for hydroxylation is 1. The molecule has 0 spiro atoms. The highest BCUT2D eigenvalue weighted by molar-refractivity contribution is 5.86. The van der Waals surface area contributed by atoms with E-state index in [0.29, 0.717) is 19.0 Å². The Morgan fingerprint density at radius 3 is 2.78 bits per heavy atom. The molecule has 0 atom stereocenters. The number of methoxy groups -OCH3 is 1. The first-order chi connectivity index (χ1) is 13.2. The van der Waals surface area contributed by atoms with E-state index in [1.54, 1.807) is 18.0 Å². The number of rotatable bonds is 6. The maximum absolute atomic E-state index is 5.21. The van der Waals surface area contributed by atoms with Crippen LogP contribution in [0.1, 0.15) is 11.5 Å². The van der Waals surface area contributed by atoms with Gasteiger partial charge in [-0.3, -0.25) is 9.78 Å². The number of nitrogens with one attached hydrogen (secondary N) is 1. The Morgan fingerprint density at radius 2 is 2.00 bits per heavy atom. The Morgan fingerprint density at radius 1 is 1.19 bits per heavy atom. The summed E-state index contributed by atoms with van der Waals surface area (Å²) in [5.74, 6) is 1.45. The van der Waals surface area contributed by atoms with E-state index >= 15 is 0 Å². The highest BCUT2D eigenvalue weighted by atomic mass is 16.5. The number of hydrogen-bond donors (Lipinski definition) is 1. The van der Waals surface area contributed by atoms with Crippen LogP contribution in [0, 0.1) is 0 Å². The largest absolute Gasteiger partial charge is 0.377 e. The highest BCUT2D eigenvalue weighted by Crippen LogP contribution is 2.25. The third-order valence-corrected chi connectivity index (χ3v) is 4.36. The molecule has 0 aliphatic carbocycles. The Hall–Kier alpha value is -3.26. The van der Waals surface area contributed by atoms with Gasteiger partial charge in [-0.2, -0.15) is 10.2 Å². The third kappa shape index (κ3) is 3.39. The average molecular weight is 363 g/mol. The second kappa shape index (κ2) is 7.16. The van der Waals surface area contributed by atoms with E-state index in [2.05, 4.69) is 36.2 Å². The van der Waals surface area contributed by atoms with Crippen LogP contribution in [0.3, 0.4) is 0 Å². The molecule has 138 valence electrons. The Kier molecular flexibility index (Phi) is 4.55. The zero-order chi connectivity index (χ0) is 18.8. The molecule has 27 heavy (non-hydrogen) atoms. The van der Waals surface area contributed by atoms with E-state index in [9.17, 15) is 0 Å². The molecule has 0 radical (unpaired) electrons. The molecule has 0 saturated carbocycles. The van der Waals surface area contributed by atoms with Crippen LogP contribution in [-0.4, -0.2) is 44.1 Å². The first kappa shape index (κ1) is 17.2. The lowest BCUT2D eigenvalue weighted by atomic mass is 10.1. The topological polar surface area (TPSA) is 84.8 Å². The molecule has 3 heterocycles. The number of aromatic amines is 1. The molecule has 0 aliphatic rings. The van der Waals surface area contributed by atoms with E-state index in [-0.39, 0.29) is 0 Å². The third-order valence-electron chi connectivity index (χ3n) is 4.36. The van der Waals surface area contributed by atoms with Crippen molar-refractivity contribution in [2.24, 2.45) is 7.05 Å². The van der Waals surface area contributed by atoms with Crippen molar-refractivity contribution in [2.45, 2.75) is 13.2 Å². The molecule has 3 aromatic heterocycles. The molecule has 0 bridgehead atoms. The molecule has 1 aromatic carbocycles. The van der Waals surface area contributed by atoms with Crippen molar-refractivity contribution in [3.05, 3.63) is 54.1 Å². The maximum atomic E-state index is 5.21. The standard InChI is InChI=1S/C19H21N7O/c1-25(11-14-9-16(24-23-14)13-7-5-4-6-8-13)18-15-10-20-26(2)19(15)22-17(21-18)12-27-3/h4-10H,11-12H2,1-3H3,(H,23,24). The highest BCUT2D eigenvalue weighted by Gasteiger charge is 2.16. The van der Waals surface area contributed by atoms with Crippen LogP contribution in [0.25, 0.3) is 22.3 Å². The van der Waals surface area contributed by atoms with Crippen LogP contribution in [0.4, 0.5) is 5.82 Å². The summed E-state index contributed by atoms with van der Waals surface area (Å²) in [7, 11) is 5.50. The van der Waals surface area contributed by atoms with E-state index in [0.717, 1.165) is 33.8 Å². The minimum Gasteiger partial charge on any atom is -0.377 e. The molecule has 0 fully saturated rings. The van der Waals surface area contributed by atoms with Gasteiger partial charge in [-0.25, -0.2) is 9.97 Å². The van der Waals surface area contributed by atoms with Crippen molar-refractivity contribution >= 4 is 16.9 Å². The maximum Gasteiger partial charge on any atom is 0.163 e. The van der Waals surface area contributed by atoms with Crippen LogP contribution in [0.15, 0.2) is 42.6 Å². The molecular weight excluding hydrogens is 342 g/mol. The number of ether oxygens (including phenoxy) is 1. The SMILES string of the molecule is COCc1nc(N(C)Cc2cc(-c3ccccc3)n[nH]2)c2cnn(C)c2n1. The van der Waals surface area contributed by atoms with E-state index in [4.69, 9.17) is 4.74 Å². The van der Waals surface area contributed by atoms with Crippen LogP contribution < -0.4 is 4.90 Å². The molecule has 4 aromatic rings. The molecule has 0 unspecified atom stereocenters. The number of aromatic nitrogens is 6. The minimum atomic E-state index is 0.351. The second-order valence-corrected chi connectivity index (χ2v) is 6.40. The Bertz CT molecular complexity index is 1050. The lowest BCUT2D eigenvalue weighted by molar-refractivity contribution is 0.178. The normalized spacial score (nSPS) is 11.2. The predicted octanol–water partition coefficient (Wildman–Crippen LogP) is 2.54. The molecule has 8 nitrogen and oxygen atoms in total. The van der Waals surface area contributed by atoms with Crippen LogP contribution in [0.2, 0.25) is 0 Å². The quantitative estimate of drug-likeness (QED) is 0.567. The van der Waals surface area contributed by atoms with Crippen molar-refractivity contribution in [3.63, 3.8) is 0 Å². The van der Waals surface area contributed by atoms with Gasteiger partial charge in [-0.15, -0.1) is 0 Å². The van der Waals surface area contributed by atoms with Crippen molar-refractivity contribution in [3.8, 4) is 11.3 Å². The van der Waals surface area contributed by atoms with E-state index < -0.39 is 0 Å². The first-order valence-electron chi connectivity index (χ1n) is 8.64. The number of nitrogens with zero attached hydrogens (tertiary/aromatic N) is 6. The lowest BCUT2D eigenvalue weighted by Crippen LogP contribution is -2.19. The molecular formula is C19H21N7O. The summed E-state index contributed by atoms with van der Waals surface area (Å²) in [4.78, 5) is 11.3. The molecule has 0 amide bonds. The van der Waals surface area contributed by atoms with Gasteiger partial charge in [0.2, 0.25) is 0 Å². The summed E-state index contributed by atoms with van der Waals surface area (Å²) in [5.41, 5.74) is 3.80. The molecule has 0 aliphatic heterocycles. The van der Waals surface area contributed by atoms with Gasteiger partial charge in [0.05, 0.1) is 29.5 Å². The van der Waals surface area contributed by atoms with Gasteiger partial charge in [0.15, 0.2) is 11.5 Å². The van der Waals surface area contributed by atoms with Gasteiger partial charge >= 0.3 is 0 Å². The summed E-state index contributed by atoms with van der Waals surface area (Å²) in [5, 5.41) is 12.8. The zero-order valence-corrected chi connectivity index (χ0v) is 15.5. The first-order valence-corrected chi connectivity index (χ1v) is 8.64. The fraction of sp³-hybridized carbons (Fsp3) is 0.263.